The first-order valence-electron chi connectivity index (χ1n) is 11.9. The van der Waals surface area contributed by atoms with Crippen LogP contribution >= 0.6 is 11.6 Å². The summed E-state index contributed by atoms with van der Waals surface area (Å²) in [5, 5.41) is 12.7. The number of halogens is 1. The summed E-state index contributed by atoms with van der Waals surface area (Å²) in [6.07, 6.45) is 7.61. The van der Waals surface area contributed by atoms with Crippen LogP contribution in [0.2, 0.25) is 5.02 Å². The molecule has 9 nitrogen and oxygen atoms in total. The van der Waals surface area contributed by atoms with Gasteiger partial charge in [-0.25, -0.2) is 19.5 Å². The lowest BCUT2D eigenvalue weighted by Gasteiger charge is -2.23. The maximum Gasteiger partial charge on any atom is 0.220 e. The van der Waals surface area contributed by atoms with E-state index in [0.717, 1.165) is 46.4 Å². The maximum absolute atomic E-state index is 6.58. The van der Waals surface area contributed by atoms with Gasteiger partial charge in [-0.15, -0.1) is 0 Å². The first-order chi connectivity index (χ1) is 17.2. The Labute approximate surface area is 214 Å². The number of benzene rings is 1. The van der Waals surface area contributed by atoms with Crippen molar-refractivity contribution in [2.75, 3.05) is 11.1 Å². The number of nitrogens with one attached hydrogen (secondary N) is 2. The highest BCUT2D eigenvalue weighted by molar-refractivity contribution is 6.33. The molecule has 1 aromatic carbocycles. The smallest absolute Gasteiger partial charge is 0.220 e. The number of hydrogen-bond donors (Lipinski definition) is 4. The Bertz CT molecular complexity index is 1540. The SMILES string of the molecule is Cc1nc(N)ncc1-c1cc2c(NC3CCC4(C)NC34C)c(C(N)=Nc3ccccc3Cl)cnn2c1. The molecule has 2 aliphatic rings. The second kappa shape index (κ2) is 7.91. The number of anilines is 2. The molecule has 6 rings (SSSR count). The lowest BCUT2D eigenvalue weighted by atomic mass is 9.97. The largest absolute Gasteiger partial charge is 0.383 e. The molecule has 1 saturated carbocycles. The summed E-state index contributed by atoms with van der Waals surface area (Å²) >= 11 is 6.36. The first-order valence-corrected chi connectivity index (χ1v) is 12.3. The molecular formula is C26H28ClN9. The second-order valence-electron chi connectivity index (χ2n) is 10.1. The second-order valence-corrected chi connectivity index (χ2v) is 10.5. The highest BCUT2D eigenvalue weighted by Gasteiger charge is 2.68. The average Bonchev–Trinajstić information content (AvgIpc) is 3.10. The first kappa shape index (κ1) is 22.8. The fraction of sp³-hybridized carbons (Fsp3) is 0.308. The predicted molar refractivity (Wildman–Crippen MR) is 144 cm³/mol. The summed E-state index contributed by atoms with van der Waals surface area (Å²) in [5.74, 6) is 0.589. The molecule has 4 aromatic rings. The Balaban J connectivity index is 1.49. The lowest BCUT2D eigenvalue weighted by molar-refractivity contribution is 0.570. The molecule has 4 heterocycles. The van der Waals surface area contributed by atoms with E-state index < -0.39 is 0 Å². The van der Waals surface area contributed by atoms with Gasteiger partial charge in [0.15, 0.2) is 0 Å². The monoisotopic (exact) mass is 501 g/mol. The van der Waals surface area contributed by atoms with E-state index in [4.69, 9.17) is 23.1 Å². The van der Waals surface area contributed by atoms with Gasteiger partial charge in [-0.1, -0.05) is 23.7 Å². The number of amidine groups is 1. The number of para-hydroxylation sites is 1. The number of hydrogen-bond acceptors (Lipinski definition) is 7. The van der Waals surface area contributed by atoms with Crippen molar-refractivity contribution >= 4 is 40.3 Å². The van der Waals surface area contributed by atoms with Gasteiger partial charge in [0.25, 0.3) is 0 Å². The van der Waals surface area contributed by atoms with E-state index in [9.17, 15) is 0 Å². The summed E-state index contributed by atoms with van der Waals surface area (Å²) < 4.78 is 1.84. The molecule has 0 spiro atoms. The fourth-order valence-corrected chi connectivity index (χ4v) is 5.68. The molecule has 3 unspecified atom stereocenters. The standard InChI is InChI=1S/C26H28ClN9/c1-14-16(11-30-24(29)32-14)15-10-20-22(34-21-8-9-25(2)26(21,3)35-25)17(12-31-36(20)13-15)23(28)33-19-7-5-4-6-18(19)27/h4-7,10-13,21,34-35H,8-9H2,1-3H3,(H2,28,33)(H2,29,30,32). The normalized spacial score (nSPS) is 25.2. The zero-order chi connectivity index (χ0) is 25.2. The third-order valence-electron chi connectivity index (χ3n) is 7.88. The number of aliphatic imine (C=N–C) groups is 1. The third-order valence-corrected chi connectivity index (χ3v) is 8.20. The summed E-state index contributed by atoms with van der Waals surface area (Å²) in [7, 11) is 0. The number of nitrogens with zero attached hydrogens (tertiary/aromatic N) is 5. The van der Waals surface area contributed by atoms with Gasteiger partial charge in [-0.2, -0.15) is 5.10 Å². The van der Waals surface area contributed by atoms with Crippen LogP contribution in [0.4, 0.5) is 17.3 Å². The Kier molecular flexibility index (Phi) is 5.00. The maximum atomic E-state index is 6.58. The number of aromatic nitrogens is 4. The van der Waals surface area contributed by atoms with Crippen molar-refractivity contribution in [3.05, 3.63) is 65.2 Å². The number of rotatable bonds is 5. The molecule has 36 heavy (non-hydrogen) atoms. The molecule has 0 radical (unpaired) electrons. The molecule has 184 valence electrons. The van der Waals surface area contributed by atoms with Crippen LogP contribution in [0.15, 0.2) is 53.9 Å². The Morgan fingerprint density at radius 1 is 1.28 bits per heavy atom. The van der Waals surface area contributed by atoms with E-state index in [-0.39, 0.29) is 23.1 Å². The molecule has 1 aliphatic carbocycles. The number of nitrogens with two attached hydrogens (primary N) is 2. The van der Waals surface area contributed by atoms with E-state index in [1.807, 2.05) is 35.8 Å². The van der Waals surface area contributed by atoms with E-state index in [1.54, 1.807) is 18.5 Å². The predicted octanol–water partition coefficient (Wildman–Crippen LogP) is 4.07. The Morgan fingerprint density at radius 2 is 2.08 bits per heavy atom. The Morgan fingerprint density at radius 3 is 2.78 bits per heavy atom. The van der Waals surface area contributed by atoms with E-state index >= 15 is 0 Å². The van der Waals surface area contributed by atoms with Crippen LogP contribution in [0.3, 0.4) is 0 Å². The quantitative estimate of drug-likeness (QED) is 0.183. The zero-order valence-electron chi connectivity index (χ0n) is 20.4. The van der Waals surface area contributed by atoms with Crippen LogP contribution in [-0.4, -0.2) is 42.5 Å². The summed E-state index contributed by atoms with van der Waals surface area (Å²) in [5.41, 5.74) is 18.2. The topological polar surface area (TPSA) is 141 Å². The van der Waals surface area contributed by atoms with Crippen LogP contribution in [0.5, 0.6) is 0 Å². The fourth-order valence-electron chi connectivity index (χ4n) is 5.50. The van der Waals surface area contributed by atoms with Crippen LogP contribution in [0.1, 0.15) is 37.9 Å². The van der Waals surface area contributed by atoms with Crippen LogP contribution < -0.4 is 22.1 Å². The molecule has 0 amide bonds. The molecule has 1 aliphatic heterocycles. The number of nitrogen functional groups attached to an aromatic ring is 1. The van der Waals surface area contributed by atoms with Gasteiger partial charge in [0, 0.05) is 35.1 Å². The van der Waals surface area contributed by atoms with Crippen LogP contribution in [0, 0.1) is 6.92 Å². The molecule has 2 fully saturated rings. The van der Waals surface area contributed by atoms with Crippen molar-refractivity contribution in [1.82, 2.24) is 24.9 Å². The molecule has 0 bridgehead atoms. The highest BCUT2D eigenvalue weighted by atomic mass is 35.5. The van der Waals surface area contributed by atoms with E-state index in [1.165, 1.54) is 0 Å². The van der Waals surface area contributed by atoms with Crippen molar-refractivity contribution in [2.45, 2.75) is 50.7 Å². The molecule has 6 N–H and O–H groups in total. The van der Waals surface area contributed by atoms with Gasteiger partial charge in [0.1, 0.15) is 5.84 Å². The van der Waals surface area contributed by atoms with Crippen LogP contribution in [-0.2, 0) is 0 Å². The van der Waals surface area contributed by atoms with Crippen molar-refractivity contribution < 1.29 is 0 Å². The summed E-state index contributed by atoms with van der Waals surface area (Å²) in [4.78, 5) is 13.2. The number of fused-ring (bicyclic) bond motifs is 2. The van der Waals surface area contributed by atoms with E-state index in [0.29, 0.717) is 16.5 Å². The average molecular weight is 502 g/mol. The molecule has 10 heteroatoms. The van der Waals surface area contributed by atoms with Gasteiger partial charge in [0.05, 0.1) is 44.9 Å². The van der Waals surface area contributed by atoms with Crippen molar-refractivity contribution in [2.24, 2.45) is 10.7 Å². The molecule has 3 atom stereocenters. The van der Waals surface area contributed by atoms with Crippen molar-refractivity contribution in [3.8, 4) is 11.1 Å². The van der Waals surface area contributed by atoms with Gasteiger partial charge < -0.3 is 22.1 Å². The Hall–Kier alpha value is -3.69. The lowest BCUT2D eigenvalue weighted by Crippen LogP contribution is -2.36. The van der Waals surface area contributed by atoms with Gasteiger partial charge in [0.2, 0.25) is 5.95 Å². The van der Waals surface area contributed by atoms with Gasteiger partial charge in [-0.3, -0.25) is 0 Å². The van der Waals surface area contributed by atoms with E-state index in [2.05, 4.69) is 50.6 Å². The molecule has 3 aromatic heterocycles. The summed E-state index contributed by atoms with van der Waals surface area (Å²) in [6.45, 7) is 6.47. The minimum atomic E-state index is 0.00990. The highest BCUT2D eigenvalue weighted by Crippen LogP contribution is 2.52. The van der Waals surface area contributed by atoms with Crippen molar-refractivity contribution in [3.63, 3.8) is 0 Å². The van der Waals surface area contributed by atoms with Gasteiger partial charge >= 0.3 is 0 Å². The van der Waals surface area contributed by atoms with Crippen molar-refractivity contribution in [1.29, 1.82) is 0 Å². The molecule has 1 saturated heterocycles. The number of piperidine rings is 1. The molecular weight excluding hydrogens is 474 g/mol. The number of aryl methyl sites for hydroxylation is 1. The van der Waals surface area contributed by atoms with Gasteiger partial charge in [-0.05, 0) is 51.8 Å². The third kappa shape index (κ3) is 3.50. The van der Waals surface area contributed by atoms with Crippen LogP contribution in [0.25, 0.3) is 16.6 Å². The minimum Gasteiger partial charge on any atom is -0.383 e. The zero-order valence-corrected chi connectivity index (χ0v) is 21.1. The minimum absolute atomic E-state index is 0.00990. The summed E-state index contributed by atoms with van der Waals surface area (Å²) in [6, 6.07) is 9.67.